The minimum atomic E-state index is -0.605. The number of ether oxygens (including phenoxy) is 2. The van der Waals surface area contributed by atoms with Gasteiger partial charge in [-0.05, 0) is 19.3 Å². The van der Waals surface area contributed by atoms with Crippen molar-refractivity contribution in [1.29, 1.82) is 0 Å². The van der Waals surface area contributed by atoms with Crippen LogP contribution in [-0.4, -0.2) is 28.2 Å². The van der Waals surface area contributed by atoms with Gasteiger partial charge in [0.25, 0.3) is 5.56 Å². The fraction of sp³-hybridized carbons (Fsp3) is 0.583. The summed E-state index contributed by atoms with van der Waals surface area (Å²) in [6, 6.07) is 1.28. The number of nitrogens with one attached hydrogen (secondary N) is 1. The Balaban J connectivity index is 2.11. The molecule has 2 rings (SSSR count). The van der Waals surface area contributed by atoms with Crippen molar-refractivity contribution in [2.24, 2.45) is 0 Å². The summed E-state index contributed by atoms with van der Waals surface area (Å²) in [5.74, 6) is -0.375. The van der Waals surface area contributed by atoms with E-state index in [9.17, 15) is 14.4 Å². The highest BCUT2D eigenvalue weighted by Crippen LogP contribution is 2.24. The lowest BCUT2D eigenvalue weighted by Crippen LogP contribution is -2.41. The number of carbonyl (C=O) groups is 1. The van der Waals surface area contributed by atoms with Crippen molar-refractivity contribution >= 4 is 5.97 Å². The van der Waals surface area contributed by atoms with E-state index in [0.29, 0.717) is 6.42 Å². The fourth-order valence-corrected chi connectivity index (χ4v) is 2.11. The maximum Gasteiger partial charge on any atom is 0.330 e. The maximum atomic E-state index is 11.7. The van der Waals surface area contributed by atoms with E-state index in [-0.39, 0.29) is 18.7 Å². The lowest BCUT2D eigenvalue weighted by Gasteiger charge is -2.30. The van der Waals surface area contributed by atoms with E-state index in [1.165, 1.54) is 19.2 Å². The summed E-state index contributed by atoms with van der Waals surface area (Å²) in [5, 5.41) is 0. The summed E-state index contributed by atoms with van der Waals surface area (Å²) in [4.78, 5) is 36.5. The predicted molar refractivity (Wildman–Crippen MR) is 65.7 cm³/mol. The second-order valence-corrected chi connectivity index (χ2v) is 4.44. The topological polar surface area (TPSA) is 90.4 Å². The second-order valence-electron chi connectivity index (χ2n) is 4.44. The molecule has 1 N–H and O–H groups in total. The van der Waals surface area contributed by atoms with Crippen LogP contribution in [0.1, 0.15) is 32.4 Å². The molecule has 1 aromatic rings. The quantitative estimate of drug-likeness (QED) is 0.789. The minimum Gasteiger partial charge on any atom is -0.463 e. The maximum absolute atomic E-state index is 11.7. The Labute approximate surface area is 109 Å². The van der Waals surface area contributed by atoms with Crippen molar-refractivity contribution in [2.75, 3.05) is 6.61 Å². The van der Waals surface area contributed by atoms with Gasteiger partial charge in [0.1, 0.15) is 12.8 Å². The first kappa shape index (κ1) is 13.5. The largest absolute Gasteiger partial charge is 0.463 e. The van der Waals surface area contributed by atoms with Crippen LogP contribution in [-0.2, 0) is 14.3 Å². The van der Waals surface area contributed by atoms with Crippen molar-refractivity contribution in [3.8, 4) is 0 Å². The molecule has 2 atom stereocenters. The van der Waals surface area contributed by atoms with Crippen LogP contribution in [0.3, 0.4) is 0 Å². The number of H-pyrrole nitrogens is 1. The molecule has 0 saturated carbocycles. The first-order chi connectivity index (χ1) is 9.08. The summed E-state index contributed by atoms with van der Waals surface area (Å²) in [5.41, 5.74) is -0.896. The first-order valence-electron chi connectivity index (χ1n) is 6.17. The number of nitrogens with zero attached hydrogens (tertiary/aromatic N) is 1. The first-order valence-corrected chi connectivity index (χ1v) is 6.17. The van der Waals surface area contributed by atoms with E-state index in [1.807, 2.05) is 0 Å². The smallest absolute Gasteiger partial charge is 0.330 e. The van der Waals surface area contributed by atoms with Crippen LogP contribution in [0, 0.1) is 0 Å². The number of rotatable bonds is 3. The Hall–Kier alpha value is -1.89. The van der Waals surface area contributed by atoms with Gasteiger partial charge in [-0.2, -0.15) is 0 Å². The molecule has 0 radical (unpaired) electrons. The number of aromatic amines is 1. The van der Waals surface area contributed by atoms with Gasteiger partial charge in [-0.1, -0.05) is 0 Å². The highest BCUT2D eigenvalue weighted by molar-refractivity contribution is 5.65. The number of hydrogen-bond acceptors (Lipinski definition) is 5. The van der Waals surface area contributed by atoms with Gasteiger partial charge in [0.05, 0.1) is 6.10 Å². The van der Waals surface area contributed by atoms with Gasteiger partial charge in [-0.25, -0.2) is 9.36 Å². The lowest BCUT2D eigenvalue weighted by molar-refractivity contribution is -0.154. The van der Waals surface area contributed by atoms with Crippen LogP contribution < -0.4 is 11.2 Å². The van der Waals surface area contributed by atoms with Gasteiger partial charge in [-0.15, -0.1) is 0 Å². The molecule has 1 aliphatic rings. The third-order valence-electron chi connectivity index (χ3n) is 2.98. The molecule has 1 aliphatic heterocycles. The fourth-order valence-electron chi connectivity index (χ4n) is 2.11. The van der Waals surface area contributed by atoms with Crippen molar-refractivity contribution in [1.82, 2.24) is 9.55 Å². The number of hydrogen-bond donors (Lipinski definition) is 1. The average molecular weight is 268 g/mol. The Morgan fingerprint density at radius 3 is 3.00 bits per heavy atom. The van der Waals surface area contributed by atoms with E-state index in [0.717, 1.165) is 17.4 Å². The van der Waals surface area contributed by atoms with Crippen LogP contribution in [0.4, 0.5) is 0 Å². The van der Waals surface area contributed by atoms with Crippen LogP contribution in [0.15, 0.2) is 21.9 Å². The molecule has 1 fully saturated rings. The van der Waals surface area contributed by atoms with Gasteiger partial charge in [-0.3, -0.25) is 9.59 Å². The van der Waals surface area contributed by atoms with Gasteiger partial charge in [0.15, 0.2) is 0 Å². The van der Waals surface area contributed by atoms with E-state index in [1.54, 1.807) is 0 Å². The van der Waals surface area contributed by atoms with E-state index < -0.39 is 17.5 Å². The summed E-state index contributed by atoms with van der Waals surface area (Å²) in [6.45, 7) is 1.47. The third kappa shape index (κ3) is 3.31. The summed E-state index contributed by atoms with van der Waals surface area (Å²) in [6.07, 6.45) is 2.55. The second kappa shape index (κ2) is 5.83. The number of esters is 1. The monoisotopic (exact) mass is 268 g/mol. The molecule has 2 heterocycles. The molecule has 104 valence electrons. The zero-order valence-corrected chi connectivity index (χ0v) is 10.6. The highest BCUT2D eigenvalue weighted by Gasteiger charge is 2.26. The highest BCUT2D eigenvalue weighted by atomic mass is 16.6. The number of carbonyl (C=O) groups excluding carboxylic acids is 1. The molecular formula is C12H16N2O5. The molecule has 7 heteroatoms. The van der Waals surface area contributed by atoms with Crippen LogP contribution in [0.5, 0.6) is 0 Å². The Morgan fingerprint density at radius 2 is 2.32 bits per heavy atom. The van der Waals surface area contributed by atoms with Crippen molar-refractivity contribution < 1.29 is 14.3 Å². The molecule has 19 heavy (non-hydrogen) atoms. The summed E-state index contributed by atoms with van der Waals surface area (Å²) in [7, 11) is 0. The molecule has 0 unspecified atom stereocenters. The zero-order chi connectivity index (χ0) is 13.8. The van der Waals surface area contributed by atoms with Crippen LogP contribution in [0.2, 0.25) is 0 Å². The van der Waals surface area contributed by atoms with Gasteiger partial charge < -0.3 is 14.5 Å². The SMILES string of the molecule is CC(=O)OC[C@@H]1CCC[C@H](n2c(=O)cc[nH]c2=O)O1. The lowest BCUT2D eigenvalue weighted by atomic mass is 10.1. The van der Waals surface area contributed by atoms with Crippen molar-refractivity contribution in [2.45, 2.75) is 38.5 Å². The molecule has 7 nitrogen and oxygen atoms in total. The van der Waals surface area contributed by atoms with E-state index >= 15 is 0 Å². The molecule has 0 aromatic carbocycles. The molecular weight excluding hydrogens is 252 g/mol. The van der Waals surface area contributed by atoms with Crippen LogP contribution >= 0.6 is 0 Å². The van der Waals surface area contributed by atoms with Crippen molar-refractivity contribution in [3.05, 3.63) is 33.1 Å². The standard InChI is InChI=1S/C12H16N2O5/c1-8(15)18-7-9-3-2-4-11(19-9)14-10(16)5-6-13-12(14)17/h5-6,9,11H,2-4,7H2,1H3,(H,13,17)/t9-,11+/m0/s1. The average Bonchev–Trinajstić information content (AvgIpc) is 2.37. The Kier molecular flexibility index (Phi) is 4.16. The van der Waals surface area contributed by atoms with Crippen LogP contribution in [0.25, 0.3) is 0 Å². The number of aromatic nitrogens is 2. The molecule has 0 spiro atoms. The Bertz CT molecular complexity index is 533. The van der Waals surface area contributed by atoms with Crippen molar-refractivity contribution in [3.63, 3.8) is 0 Å². The van der Waals surface area contributed by atoms with E-state index in [2.05, 4.69) is 4.98 Å². The summed E-state index contributed by atoms with van der Waals surface area (Å²) < 4.78 is 11.6. The molecule has 1 aromatic heterocycles. The summed E-state index contributed by atoms with van der Waals surface area (Å²) >= 11 is 0. The molecule has 0 aliphatic carbocycles. The predicted octanol–water partition coefficient (Wildman–Crippen LogP) is 0.167. The van der Waals surface area contributed by atoms with Gasteiger partial charge in [0.2, 0.25) is 0 Å². The third-order valence-corrected chi connectivity index (χ3v) is 2.98. The molecule has 0 amide bonds. The van der Waals surface area contributed by atoms with Gasteiger partial charge >= 0.3 is 11.7 Å². The molecule has 1 saturated heterocycles. The van der Waals surface area contributed by atoms with E-state index in [4.69, 9.17) is 9.47 Å². The normalized spacial score (nSPS) is 23.0. The molecule has 0 bridgehead atoms. The zero-order valence-electron chi connectivity index (χ0n) is 10.6. The minimum absolute atomic E-state index is 0.144. The van der Waals surface area contributed by atoms with Gasteiger partial charge in [0, 0.05) is 19.2 Å². The Morgan fingerprint density at radius 1 is 1.53 bits per heavy atom.